The van der Waals surface area contributed by atoms with Gasteiger partial charge in [0.2, 0.25) is 11.8 Å². The minimum absolute atomic E-state index is 0.0268. The minimum atomic E-state index is -0.460. The van der Waals surface area contributed by atoms with Crippen LogP contribution in [0.2, 0.25) is 0 Å². The lowest BCUT2D eigenvalue weighted by atomic mass is 10.1. The van der Waals surface area contributed by atoms with Gasteiger partial charge in [0.15, 0.2) is 0 Å². The predicted molar refractivity (Wildman–Crippen MR) is 75.4 cm³/mol. The van der Waals surface area contributed by atoms with Gasteiger partial charge in [0.25, 0.3) is 5.91 Å². The molecule has 0 radical (unpaired) electrons. The quantitative estimate of drug-likeness (QED) is 0.770. The van der Waals surface area contributed by atoms with Gasteiger partial charge in [-0.3, -0.25) is 25.2 Å². The van der Waals surface area contributed by atoms with E-state index in [9.17, 15) is 18.8 Å². The summed E-state index contributed by atoms with van der Waals surface area (Å²) in [5.74, 6) is -0.483. The summed E-state index contributed by atoms with van der Waals surface area (Å²) in [6.45, 7) is -0.0807. The van der Waals surface area contributed by atoms with E-state index in [4.69, 9.17) is 0 Å². The van der Waals surface area contributed by atoms with E-state index < -0.39 is 11.8 Å². The van der Waals surface area contributed by atoms with Gasteiger partial charge >= 0.3 is 0 Å². The first-order chi connectivity index (χ1) is 10.0. The van der Waals surface area contributed by atoms with Crippen LogP contribution in [0.25, 0.3) is 0 Å². The maximum Gasteiger partial charge on any atom is 0.258 e. The maximum atomic E-state index is 12.7. The number of carbonyl (C=O) groups is 3. The van der Waals surface area contributed by atoms with Crippen LogP contribution >= 0.6 is 11.8 Å². The monoisotopic (exact) mass is 311 g/mol. The Balaban J connectivity index is 1.72. The summed E-state index contributed by atoms with van der Waals surface area (Å²) in [4.78, 5) is 35.9. The second-order valence-electron chi connectivity index (χ2n) is 4.47. The van der Waals surface area contributed by atoms with Crippen LogP contribution in [0.5, 0.6) is 0 Å². The molecule has 21 heavy (non-hydrogen) atoms. The Morgan fingerprint density at radius 3 is 2.48 bits per heavy atom. The fraction of sp³-hybridized carbons (Fsp3) is 0.308. The molecule has 0 atom stereocenters. The van der Waals surface area contributed by atoms with Crippen molar-refractivity contribution >= 4 is 29.5 Å². The first-order valence-corrected chi connectivity index (χ1v) is 7.38. The highest BCUT2D eigenvalue weighted by atomic mass is 32.2. The van der Waals surface area contributed by atoms with Gasteiger partial charge in [0.1, 0.15) is 12.4 Å². The number of halogens is 1. The molecule has 0 saturated carbocycles. The molecule has 2 N–H and O–H groups in total. The van der Waals surface area contributed by atoms with Crippen LogP contribution in [-0.2, 0) is 20.8 Å². The van der Waals surface area contributed by atoms with E-state index in [1.807, 2.05) is 0 Å². The smallest absolute Gasteiger partial charge is 0.258 e. The van der Waals surface area contributed by atoms with Gasteiger partial charge in [-0.05, 0) is 17.7 Å². The zero-order chi connectivity index (χ0) is 15.2. The first-order valence-electron chi connectivity index (χ1n) is 6.22. The zero-order valence-electron chi connectivity index (χ0n) is 11.1. The Hall–Kier alpha value is -2.09. The average molecular weight is 311 g/mol. The number of benzene rings is 1. The van der Waals surface area contributed by atoms with Gasteiger partial charge < -0.3 is 4.90 Å². The number of rotatable bonds is 4. The van der Waals surface area contributed by atoms with E-state index in [1.54, 1.807) is 0 Å². The van der Waals surface area contributed by atoms with Gasteiger partial charge in [-0.1, -0.05) is 12.1 Å². The van der Waals surface area contributed by atoms with Crippen LogP contribution in [-0.4, -0.2) is 40.8 Å². The summed E-state index contributed by atoms with van der Waals surface area (Å²) in [5.41, 5.74) is 5.14. The van der Waals surface area contributed by atoms with E-state index >= 15 is 0 Å². The maximum absolute atomic E-state index is 12.7. The van der Waals surface area contributed by atoms with Crippen LogP contribution in [0.15, 0.2) is 24.3 Å². The Morgan fingerprint density at radius 2 is 1.86 bits per heavy atom. The van der Waals surface area contributed by atoms with Crippen LogP contribution < -0.4 is 10.9 Å². The van der Waals surface area contributed by atoms with Crippen LogP contribution in [0, 0.1) is 5.82 Å². The van der Waals surface area contributed by atoms with Crippen molar-refractivity contribution in [3.05, 3.63) is 35.6 Å². The molecule has 0 aromatic heterocycles. The van der Waals surface area contributed by atoms with E-state index in [-0.39, 0.29) is 24.7 Å². The van der Waals surface area contributed by atoms with Crippen molar-refractivity contribution in [2.45, 2.75) is 6.42 Å². The number of hydrazine groups is 1. The number of carbonyl (C=O) groups excluding carboxylic acids is 3. The molecule has 0 unspecified atom stereocenters. The zero-order valence-corrected chi connectivity index (χ0v) is 11.9. The predicted octanol–water partition coefficient (Wildman–Crippen LogP) is 0.0485. The molecule has 1 aliphatic heterocycles. The topological polar surface area (TPSA) is 78.5 Å². The van der Waals surface area contributed by atoms with Crippen molar-refractivity contribution in [1.29, 1.82) is 0 Å². The Morgan fingerprint density at radius 1 is 1.19 bits per heavy atom. The molecular weight excluding hydrogens is 297 g/mol. The molecular formula is C13H14FN3O3S. The third-order valence-corrected chi connectivity index (χ3v) is 3.72. The highest BCUT2D eigenvalue weighted by Gasteiger charge is 2.22. The van der Waals surface area contributed by atoms with Crippen molar-refractivity contribution in [3.63, 3.8) is 0 Å². The first kappa shape index (κ1) is 15.3. The molecule has 1 aromatic rings. The largest absolute Gasteiger partial charge is 0.323 e. The van der Waals surface area contributed by atoms with Crippen molar-refractivity contribution < 1.29 is 18.8 Å². The lowest BCUT2D eigenvalue weighted by molar-refractivity contribution is -0.134. The van der Waals surface area contributed by atoms with Crippen molar-refractivity contribution in [3.8, 4) is 0 Å². The number of amides is 3. The summed E-state index contributed by atoms with van der Waals surface area (Å²) >= 11 is 1.44. The average Bonchev–Trinajstić information content (AvgIpc) is 2.85. The fourth-order valence-corrected chi connectivity index (χ4v) is 2.63. The summed E-state index contributed by atoms with van der Waals surface area (Å²) in [5, 5.41) is 0. The fourth-order valence-electron chi connectivity index (χ4n) is 1.72. The normalized spacial score (nSPS) is 14.1. The number of hydrogen-bond donors (Lipinski definition) is 2. The van der Waals surface area contributed by atoms with Crippen LogP contribution in [0.4, 0.5) is 4.39 Å². The van der Waals surface area contributed by atoms with E-state index in [1.165, 1.54) is 40.9 Å². The molecule has 8 heteroatoms. The molecule has 3 amide bonds. The lowest BCUT2D eigenvalue weighted by Crippen LogP contribution is -2.47. The molecule has 1 saturated heterocycles. The minimum Gasteiger partial charge on any atom is -0.323 e. The summed E-state index contributed by atoms with van der Waals surface area (Å²) < 4.78 is 12.7. The molecule has 0 aliphatic carbocycles. The highest BCUT2D eigenvalue weighted by Crippen LogP contribution is 2.13. The molecule has 6 nitrogen and oxygen atoms in total. The Kier molecular flexibility index (Phi) is 5.15. The number of thioether (sulfide) groups is 1. The van der Waals surface area contributed by atoms with E-state index in [0.717, 1.165) is 0 Å². The van der Waals surface area contributed by atoms with E-state index in [0.29, 0.717) is 17.2 Å². The number of nitrogens with one attached hydrogen (secondary N) is 2. The van der Waals surface area contributed by atoms with Gasteiger partial charge in [-0.15, -0.1) is 11.8 Å². The second-order valence-corrected chi connectivity index (χ2v) is 5.42. The highest BCUT2D eigenvalue weighted by molar-refractivity contribution is 8.00. The van der Waals surface area contributed by atoms with Crippen molar-refractivity contribution in [2.24, 2.45) is 0 Å². The molecule has 0 bridgehead atoms. The van der Waals surface area contributed by atoms with Gasteiger partial charge in [-0.2, -0.15) is 0 Å². The molecule has 1 fully saturated rings. The molecule has 1 aromatic carbocycles. The Bertz CT molecular complexity index is 550. The van der Waals surface area contributed by atoms with Crippen molar-refractivity contribution in [2.75, 3.05) is 18.2 Å². The van der Waals surface area contributed by atoms with Gasteiger partial charge in [0.05, 0.1) is 18.1 Å². The molecule has 2 rings (SSSR count). The van der Waals surface area contributed by atoms with Gasteiger partial charge in [0, 0.05) is 0 Å². The third kappa shape index (κ3) is 4.75. The van der Waals surface area contributed by atoms with Gasteiger partial charge in [-0.25, -0.2) is 4.39 Å². The standard InChI is InChI=1S/C13H14FN3O3S/c14-10-3-1-9(2-4-10)5-11(18)15-16-12(19)6-17-8-21-7-13(17)20/h1-4H,5-8H2,(H,15,18)(H,16,19). The third-order valence-electron chi connectivity index (χ3n) is 2.78. The Labute approximate surface area is 125 Å². The number of nitrogens with zero attached hydrogens (tertiary/aromatic N) is 1. The van der Waals surface area contributed by atoms with Crippen LogP contribution in [0.3, 0.4) is 0 Å². The SMILES string of the molecule is O=C(Cc1ccc(F)cc1)NNC(=O)CN1CSCC1=O. The summed E-state index contributed by atoms with van der Waals surface area (Å²) in [7, 11) is 0. The summed E-state index contributed by atoms with van der Waals surface area (Å²) in [6.07, 6.45) is 0.0268. The molecule has 1 heterocycles. The van der Waals surface area contributed by atoms with Crippen molar-refractivity contribution in [1.82, 2.24) is 15.8 Å². The molecule has 1 aliphatic rings. The number of hydrogen-bond acceptors (Lipinski definition) is 4. The van der Waals surface area contributed by atoms with Crippen LogP contribution in [0.1, 0.15) is 5.56 Å². The molecule has 0 spiro atoms. The second kappa shape index (κ2) is 7.07. The van der Waals surface area contributed by atoms with E-state index in [2.05, 4.69) is 10.9 Å². The molecule has 112 valence electrons. The lowest BCUT2D eigenvalue weighted by Gasteiger charge is -2.14. The summed E-state index contributed by atoms with van der Waals surface area (Å²) in [6, 6.07) is 5.52.